The van der Waals surface area contributed by atoms with Gasteiger partial charge in [0.2, 0.25) is 5.91 Å². The van der Waals surface area contributed by atoms with Crippen LogP contribution in [0.2, 0.25) is 0 Å². The number of amides is 1. The smallest absolute Gasteiger partial charge is 0.224 e. The molecule has 3 nitrogen and oxygen atoms in total. The van der Waals surface area contributed by atoms with Crippen molar-refractivity contribution in [2.24, 2.45) is 11.3 Å². The molecular weight excluding hydrogens is 200 g/mol. The third-order valence-electron chi connectivity index (χ3n) is 3.64. The van der Waals surface area contributed by atoms with E-state index in [0.29, 0.717) is 11.5 Å². The largest absolute Gasteiger partial charge is 0.353 e. The van der Waals surface area contributed by atoms with Gasteiger partial charge in [0.1, 0.15) is 0 Å². The van der Waals surface area contributed by atoms with Crippen molar-refractivity contribution in [1.82, 2.24) is 10.6 Å². The molecule has 0 aromatic rings. The van der Waals surface area contributed by atoms with Gasteiger partial charge in [-0.05, 0) is 38.1 Å². The topological polar surface area (TPSA) is 41.1 Å². The van der Waals surface area contributed by atoms with Crippen molar-refractivity contribution in [1.29, 1.82) is 0 Å². The Morgan fingerprint density at radius 1 is 1.38 bits per heavy atom. The van der Waals surface area contributed by atoms with E-state index in [0.717, 1.165) is 19.4 Å². The maximum atomic E-state index is 11.8. The van der Waals surface area contributed by atoms with E-state index in [1.54, 1.807) is 0 Å². The molecule has 94 valence electrons. The van der Waals surface area contributed by atoms with E-state index < -0.39 is 0 Å². The average molecular weight is 226 g/mol. The van der Waals surface area contributed by atoms with Crippen LogP contribution >= 0.6 is 0 Å². The number of carbonyl (C=O) groups excluding carboxylic acids is 1. The van der Waals surface area contributed by atoms with Crippen LogP contribution in [0.25, 0.3) is 0 Å². The van der Waals surface area contributed by atoms with Gasteiger partial charge in [0.15, 0.2) is 0 Å². The second kappa shape index (κ2) is 5.67. The van der Waals surface area contributed by atoms with Gasteiger partial charge in [-0.3, -0.25) is 4.79 Å². The predicted molar refractivity (Wildman–Crippen MR) is 67.3 cm³/mol. The molecule has 0 aliphatic heterocycles. The maximum Gasteiger partial charge on any atom is 0.224 e. The Kier molecular flexibility index (Phi) is 4.78. The zero-order valence-corrected chi connectivity index (χ0v) is 11.1. The molecule has 0 bridgehead atoms. The summed E-state index contributed by atoms with van der Waals surface area (Å²) >= 11 is 0. The lowest BCUT2D eigenvalue weighted by Gasteiger charge is -2.35. The molecule has 0 aromatic carbocycles. The Morgan fingerprint density at radius 2 is 1.94 bits per heavy atom. The number of carbonyl (C=O) groups is 1. The molecule has 0 aromatic heterocycles. The van der Waals surface area contributed by atoms with Gasteiger partial charge >= 0.3 is 0 Å². The summed E-state index contributed by atoms with van der Waals surface area (Å²) in [5, 5.41) is 6.20. The van der Waals surface area contributed by atoms with E-state index in [1.807, 2.05) is 14.0 Å². The van der Waals surface area contributed by atoms with Crippen molar-refractivity contribution in [2.75, 3.05) is 13.6 Å². The second-order valence-electron chi connectivity index (χ2n) is 5.91. The maximum absolute atomic E-state index is 11.8. The fourth-order valence-corrected chi connectivity index (χ4v) is 2.29. The molecule has 3 heteroatoms. The van der Waals surface area contributed by atoms with Gasteiger partial charge in [-0.15, -0.1) is 0 Å². The number of hydrogen-bond acceptors (Lipinski definition) is 2. The Balaban J connectivity index is 2.31. The zero-order valence-electron chi connectivity index (χ0n) is 11.1. The third-order valence-corrected chi connectivity index (χ3v) is 3.64. The molecule has 0 spiro atoms. The molecule has 1 aliphatic carbocycles. The van der Waals surface area contributed by atoms with E-state index in [1.165, 1.54) is 12.8 Å². The Bertz CT molecular complexity index is 228. The van der Waals surface area contributed by atoms with Gasteiger partial charge in [-0.2, -0.15) is 0 Å². The molecule has 0 saturated heterocycles. The zero-order chi connectivity index (χ0) is 12.2. The van der Waals surface area contributed by atoms with Gasteiger partial charge in [-0.25, -0.2) is 0 Å². The number of hydrogen-bond donors (Lipinski definition) is 2. The van der Waals surface area contributed by atoms with Crippen LogP contribution in [0, 0.1) is 11.3 Å². The van der Waals surface area contributed by atoms with Crippen molar-refractivity contribution in [3.8, 4) is 0 Å². The van der Waals surface area contributed by atoms with Crippen LogP contribution in [0.4, 0.5) is 0 Å². The molecule has 2 N–H and O–H groups in total. The van der Waals surface area contributed by atoms with Crippen molar-refractivity contribution in [3.05, 3.63) is 0 Å². The predicted octanol–water partition coefficient (Wildman–Crippen LogP) is 1.93. The van der Waals surface area contributed by atoms with Crippen LogP contribution in [0.5, 0.6) is 0 Å². The minimum atomic E-state index is 0.0694. The van der Waals surface area contributed by atoms with Crippen molar-refractivity contribution in [3.63, 3.8) is 0 Å². The Morgan fingerprint density at radius 3 is 2.44 bits per heavy atom. The summed E-state index contributed by atoms with van der Waals surface area (Å²) in [5.74, 6) is 0.263. The average Bonchev–Trinajstić information content (AvgIpc) is 2.21. The molecule has 0 heterocycles. The van der Waals surface area contributed by atoms with Gasteiger partial charge in [-0.1, -0.05) is 20.8 Å². The van der Waals surface area contributed by atoms with Crippen molar-refractivity contribution >= 4 is 5.91 Å². The highest BCUT2D eigenvalue weighted by atomic mass is 16.1. The van der Waals surface area contributed by atoms with Crippen molar-refractivity contribution in [2.45, 2.75) is 52.5 Å². The standard InChI is InChI=1S/C13H26N2O/c1-10(9-14-4)12(16)15-11-5-7-13(2,3)8-6-11/h10-11,14H,5-9H2,1-4H3,(H,15,16). The summed E-state index contributed by atoms with van der Waals surface area (Å²) in [7, 11) is 1.88. The van der Waals surface area contributed by atoms with Crippen molar-refractivity contribution < 1.29 is 4.79 Å². The fraction of sp³-hybridized carbons (Fsp3) is 0.923. The molecule has 1 unspecified atom stereocenters. The van der Waals surface area contributed by atoms with Crippen LogP contribution in [0.15, 0.2) is 0 Å². The second-order valence-corrected chi connectivity index (χ2v) is 5.91. The molecule has 0 radical (unpaired) electrons. The lowest BCUT2D eigenvalue weighted by Crippen LogP contribution is -2.43. The highest BCUT2D eigenvalue weighted by Gasteiger charge is 2.28. The first-order valence-electron chi connectivity index (χ1n) is 6.39. The molecule has 1 amide bonds. The Labute approximate surface area is 99.4 Å². The summed E-state index contributed by atoms with van der Waals surface area (Å²) in [6.45, 7) is 7.35. The molecular formula is C13H26N2O. The lowest BCUT2D eigenvalue weighted by atomic mass is 9.75. The normalized spacial score (nSPS) is 22.8. The number of nitrogens with one attached hydrogen (secondary N) is 2. The van der Waals surface area contributed by atoms with Gasteiger partial charge < -0.3 is 10.6 Å². The molecule has 1 saturated carbocycles. The highest BCUT2D eigenvalue weighted by molar-refractivity contribution is 5.78. The van der Waals surface area contributed by atoms with Gasteiger partial charge in [0.05, 0.1) is 0 Å². The van der Waals surface area contributed by atoms with Crippen LogP contribution in [0.3, 0.4) is 0 Å². The summed E-state index contributed by atoms with van der Waals surface area (Å²) in [5.41, 5.74) is 0.470. The minimum Gasteiger partial charge on any atom is -0.353 e. The molecule has 1 atom stereocenters. The van der Waals surface area contributed by atoms with E-state index >= 15 is 0 Å². The summed E-state index contributed by atoms with van der Waals surface area (Å²) < 4.78 is 0. The quantitative estimate of drug-likeness (QED) is 0.769. The Hall–Kier alpha value is -0.570. The summed E-state index contributed by atoms with van der Waals surface area (Å²) in [6.07, 6.45) is 4.70. The van der Waals surface area contributed by atoms with Crippen LogP contribution in [-0.4, -0.2) is 25.5 Å². The monoisotopic (exact) mass is 226 g/mol. The van der Waals surface area contributed by atoms with E-state index in [2.05, 4.69) is 24.5 Å². The van der Waals surface area contributed by atoms with Crippen LogP contribution in [0.1, 0.15) is 46.5 Å². The molecule has 16 heavy (non-hydrogen) atoms. The summed E-state index contributed by atoms with van der Waals surface area (Å²) in [6, 6.07) is 0.403. The SMILES string of the molecule is CNCC(C)C(=O)NC1CCC(C)(C)CC1. The lowest BCUT2D eigenvalue weighted by molar-refractivity contribution is -0.125. The first-order chi connectivity index (χ1) is 7.44. The highest BCUT2D eigenvalue weighted by Crippen LogP contribution is 2.34. The van der Waals surface area contributed by atoms with Gasteiger partial charge in [0.25, 0.3) is 0 Å². The van der Waals surface area contributed by atoms with E-state index in [-0.39, 0.29) is 11.8 Å². The number of rotatable bonds is 4. The first kappa shape index (κ1) is 13.5. The minimum absolute atomic E-state index is 0.0694. The molecule has 1 rings (SSSR count). The van der Waals surface area contributed by atoms with E-state index in [9.17, 15) is 4.79 Å². The third kappa shape index (κ3) is 4.12. The van der Waals surface area contributed by atoms with Gasteiger partial charge in [0, 0.05) is 18.5 Å². The van der Waals surface area contributed by atoms with Crippen LogP contribution < -0.4 is 10.6 Å². The molecule has 1 aliphatic rings. The van der Waals surface area contributed by atoms with E-state index in [4.69, 9.17) is 0 Å². The summed E-state index contributed by atoms with van der Waals surface area (Å²) in [4.78, 5) is 11.8. The molecule has 1 fully saturated rings. The first-order valence-corrected chi connectivity index (χ1v) is 6.39. The van der Waals surface area contributed by atoms with Crippen LogP contribution in [-0.2, 0) is 4.79 Å². The fourth-order valence-electron chi connectivity index (χ4n) is 2.29.